The van der Waals surface area contributed by atoms with E-state index >= 15 is 0 Å². The molecule has 4 heteroatoms. The van der Waals surface area contributed by atoms with Crippen molar-refractivity contribution in [3.63, 3.8) is 0 Å². The SMILES string of the molecule is CCOC(=O)CCc1c(C)[nH]c2ccc(OCc3ccccc3)cc12. The van der Waals surface area contributed by atoms with Gasteiger partial charge in [-0.25, -0.2) is 0 Å². The maximum Gasteiger partial charge on any atom is 0.306 e. The van der Waals surface area contributed by atoms with E-state index in [4.69, 9.17) is 9.47 Å². The Morgan fingerprint density at radius 3 is 2.68 bits per heavy atom. The number of ether oxygens (including phenoxy) is 2. The van der Waals surface area contributed by atoms with E-state index in [0.717, 1.165) is 33.5 Å². The predicted octanol–water partition coefficient (Wildman–Crippen LogP) is 4.55. The molecule has 130 valence electrons. The Hall–Kier alpha value is -2.75. The van der Waals surface area contributed by atoms with Crippen molar-refractivity contribution in [2.45, 2.75) is 33.3 Å². The summed E-state index contributed by atoms with van der Waals surface area (Å²) in [6.45, 7) is 4.81. The molecule has 3 aromatic rings. The molecule has 0 fully saturated rings. The summed E-state index contributed by atoms with van der Waals surface area (Å²) in [5, 5.41) is 1.10. The van der Waals surface area contributed by atoms with Crippen molar-refractivity contribution in [2.24, 2.45) is 0 Å². The Morgan fingerprint density at radius 2 is 1.92 bits per heavy atom. The van der Waals surface area contributed by atoms with Crippen LogP contribution in [0.1, 0.15) is 30.2 Å². The van der Waals surface area contributed by atoms with Gasteiger partial charge in [-0.05, 0) is 49.6 Å². The van der Waals surface area contributed by atoms with Crippen LogP contribution in [0.5, 0.6) is 5.75 Å². The van der Waals surface area contributed by atoms with E-state index < -0.39 is 0 Å². The summed E-state index contributed by atoms with van der Waals surface area (Å²) in [7, 11) is 0. The molecule has 0 aliphatic heterocycles. The number of rotatable bonds is 7. The lowest BCUT2D eigenvalue weighted by Gasteiger charge is -2.07. The zero-order chi connectivity index (χ0) is 17.6. The molecule has 0 saturated heterocycles. The van der Waals surface area contributed by atoms with E-state index in [0.29, 0.717) is 26.1 Å². The highest BCUT2D eigenvalue weighted by Gasteiger charge is 2.12. The third-order valence-corrected chi connectivity index (χ3v) is 4.22. The minimum absolute atomic E-state index is 0.160. The summed E-state index contributed by atoms with van der Waals surface area (Å²) < 4.78 is 11.0. The number of H-pyrrole nitrogens is 1. The Kier molecular flexibility index (Phi) is 5.39. The Bertz CT molecular complexity index is 852. The number of carbonyl (C=O) groups excluding carboxylic acids is 1. The molecule has 3 rings (SSSR count). The molecule has 1 aromatic heterocycles. The Balaban J connectivity index is 1.76. The number of carbonyl (C=O) groups is 1. The van der Waals surface area contributed by atoms with Crippen LogP contribution in [0.4, 0.5) is 0 Å². The predicted molar refractivity (Wildman–Crippen MR) is 98.8 cm³/mol. The van der Waals surface area contributed by atoms with Crippen LogP contribution < -0.4 is 4.74 Å². The van der Waals surface area contributed by atoms with Crippen LogP contribution in [0.3, 0.4) is 0 Å². The van der Waals surface area contributed by atoms with Crippen LogP contribution in [-0.2, 0) is 22.6 Å². The number of hydrogen-bond donors (Lipinski definition) is 1. The van der Waals surface area contributed by atoms with Gasteiger partial charge in [0.1, 0.15) is 12.4 Å². The molecule has 1 N–H and O–H groups in total. The van der Waals surface area contributed by atoms with Crippen LogP contribution in [0.15, 0.2) is 48.5 Å². The monoisotopic (exact) mass is 337 g/mol. The van der Waals surface area contributed by atoms with Crippen molar-refractivity contribution in [1.82, 2.24) is 4.98 Å². The molecule has 1 heterocycles. The molecule has 0 unspecified atom stereocenters. The molecular formula is C21H23NO3. The van der Waals surface area contributed by atoms with Crippen molar-refractivity contribution in [3.05, 3.63) is 65.4 Å². The number of aryl methyl sites for hydroxylation is 2. The summed E-state index contributed by atoms with van der Waals surface area (Å²) in [6.07, 6.45) is 1.05. The Labute approximate surface area is 147 Å². The maximum atomic E-state index is 11.7. The first-order chi connectivity index (χ1) is 12.2. The summed E-state index contributed by atoms with van der Waals surface area (Å²) in [5.41, 5.74) is 4.42. The molecule has 0 radical (unpaired) electrons. The van der Waals surface area contributed by atoms with Gasteiger partial charge in [0.05, 0.1) is 6.61 Å². The highest BCUT2D eigenvalue weighted by Crippen LogP contribution is 2.28. The third-order valence-electron chi connectivity index (χ3n) is 4.22. The van der Waals surface area contributed by atoms with E-state index in [2.05, 4.69) is 4.98 Å². The summed E-state index contributed by atoms with van der Waals surface area (Å²) >= 11 is 0. The van der Waals surface area contributed by atoms with Crippen LogP contribution >= 0.6 is 0 Å². The zero-order valence-electron chi connectivity index (χ0n) is 14.7. The molecule has 25 heavy (non-hydrogen) atoms. The van der Waals surface area contributed by atoms with Gasteiger partial charge >= 0.3 is 5.97 Å². The van der Waals surface area contributed by atoms with E-state index in [1.807, 2.05) is 62.4 Å². The van der Waals surface area contributed by atoms with Gasteiger partial charge in [-0.3, -0.25) is 4.79 Å². The van der Waals surface area contributed by atoms with Gasteiger partial charge in [0, 0.05) is 23.0 Å². The lowest BCUT2D eigenvalue weighted by molar-refractivity contribution is -0.143. The zero-order valence-corrected chi connectivity index (χ0v) is 14.7. The van der Waals surface area contributed by atoms with E-state index in [9.17, 15) is 4.79 Å². The fourth-order valence-corrected chi connectivity index (χ4v) is 2.97. The molecule has 0 atom stereocenters. The fraction of sp³-hybridized carbons (Fsp3) is 0.286. The largest absolute Gasteiger partial charge is 0.489 e. The average molecular weight is 337 g/mol. The molecule has 0 aliphatic carbocycles. The molecule has 0 aliphatic rings. The number of esters is 1. The minimum atomic E-state index is -0.160. The standard InChI is InChI=1S/C21H23NO3/c1-3-24-21(23)12-10-18-15(2)22-20-11-9-17(13-19(18)20)25-14-16-7-5-4-6-8-16/h4-9,11,13,22H,3,10,12,14H2,1-2H3. The minimum Gasteiger partial charge on any atom is -0.489 e. The molecule has 0 spiro atoms. The Morgan fingerprint density at radius 1 is 1.12 bits per heavy atom. The number of nitrogens with one attached hydrogen (secondary N) is 1. The average Bonchev–Trinajstić information content (AvgIpc) is 2.94. The number of fused-ring (bicyclic) bond motifs is 1. The second-order valence-electron chi connectivity index (χ2n) is 6.02. The van der Waals surface area contributed by atoms with E-state index in [1.165, 1.54) is 0 Å². The second kappa shape index (κ2) is 7.88. The van der Waals surface area contributed by atoms with Gasteiger partial charge in [-0.15, -0.1) is 0 Å². The van der Waals surface area contributed by atoms with Crippen LogP contribution in [0.25, 0.3) is 10.9 Å². The molecule has 4 nitrogen and oxygen atoms in total. The maximum absolute atomic E-state index is 11.7. The fourth-order valence-electron chi connectivity index (χ4n) is 2.97. The summed E-state index contributed by atoms with van der Waals surface area (Å²) in [5.74, 6) is 0.667. The molecule has 0 bridgehead atoms. The van der Waals surface area contributed by atoms with E-state index in [-0.39, 0.29) is 5.97 Å². The number of aromatic nitrogens is 1. The van der Waals surface area contributed by atoms with Crippen molar-refractivity contribution in [2.75, 3.05) is 6.61 Å². The number of hydrogen-bond acceptors (Lipinski definition) is 3. The van der Waals surface area contributed by atoms with Gasteiger partial charge in [0.15, 0.2) is 0 Å². The lowest BCUT2D eigenvalue weighted by atomic mass is 10.1. The number of aromatic amines is 1. The summed E-state index contributed by atoms with van der Waals surface area (Å²) in [6, 6.07) is 16.1. The second-order valence-corrected chi connectivity index (χ2v) is 6.02. The first kappa shape index (κ1) is 17.1. The van der Waals surface area contributed by atoms with Crippen molar-refractivity contribution in [3.8, 4) is 5.75 Å². The molecule has 2 aromatic carbocycles. The van der Waals surface area contributed by atoms with Gasteiger partial charge in [0.2, 0.25) is 0 Å². The lowest BCUT2D eigenvalue weighted by Crippen LogP contribution is -2.05. The van der Waals surface area contributed by atoms with Gasteiger partial charge < -0.3 is 14.5 Å². The van der Waals surface area contributed by atoms with E-state index in [1.54, 1.807) is 0 Å². The number of benzene rings is 2. The van der Waals surface area contributed by atoms with Crippen LogP contribution in [0.2, 0.25) is 0 Å². The van der Waals surface area contributed by atoms with Gasteiger partial charge in [-0.1, -0.05) is 30.3 Å². The third kappa shape index (κ3) is 4.21. The highest BCUT2D eigenvalue weighted by atomic mass is 16.5. The molecular weight excluding hydrogens is 314 g/mol. The van der Waals surface area contributed by atoms with Crippen molar-refractivity contribution >= 4 is 16.9 Å². The highest BCUT2D eigenvalue weighted by molar-refractivity contribution is 5.86. The first-order valence-electron chi connectivity index (χ1n) is 8.61. The first-order valence-corrected chi connectivity index (χ1v) is 8.61. The normalized spacial score (nSPS) is 10.8. The van der Waals surface area contributed by atoms with Crippen LogP contribution in [-0.4, -0.2) is 17.6 Å². The molecule has 0 amide bonds. The molecule has 0 saturated carbocycles. The van der Waals surface area contributed by atoms with Gasteiger partial charge in [0.25, 0.3) is 0 Å². The topological polar surface area (TPSA) is 51.3 Å². The van der Waals surface area contributed by atoms with Crippen molar-refractivity contribution < 1.29 is 14.3 Å². The van der Waals surface area contributed by atoms with Crippen molar-refractivity contribution in [1.29, 1.82) is 0 Å². The van der Waals surface area contributed by atoms with Gasteiger partial charge in [-0.2, -0.15) is 0 Å². The summed E-state index contributed by atoms with van der Waals surface area (Å²) in [4.78, 5) is 15.0. The smallest absolute Gasteiger partial charge is 0.306 e. The van der Waals surface area contributed by atoms with Crippen LogP contribution in [0, 0.1) is 6.92 Å². The quantitative estimate of drug-likeness (QED) is 0.643.